The minimum Gasteiger partial charge on any atom is -0.383 e. The number of nitrogens with two attached hydrogens (primary N) is 1. The fourth-order valence-corrected chi connectivity index (χ4v) is 2.17. The van der Waals surface area contributed by atoms with E-state index in [1.165, 1.54) is 0 Å². The van der Waals surface area contributed by atoms with Gasteiger partial charge in [-0.05, 0) is 19.0 Å². The Kier molecular flexibility index (Phi) is 5.97. The molecule has 19 heavy (non-hydrogen) atoms. The lowest BCUT2D eigenvalue weighted by Crippen LogP contribution is -2.50. The van der Waals surface area contributed by atoms with Crippen molar-refractivity contribution in [1.29, 1.82) is 5.26 Å². The summed E-state index contributed by atoms with van der Waals surface area (Å²) in [6, 6.07) is 12.0. The van der Waals surface area contributed by atoms with Crippen molar-refractivity contribution in [2.24, 2.45) is 5.73 Å². The van der Waals surface area contributed by atoms with Crippen molar-refractivity contribution in [3.63, 3.8) is 0 Å². The molecule has 2 N–H and O–H groups in total. The van der Waals surface area contributed by atoms with Crippen molar-refractivity contribution in [2.45, 2.75) is 25.4 Å². The van der Waals surface area contributed by atoms with Gasteiger partial charge >= 0.3 is 0 Å². The molecule has 1 aromatic rings. The Hall–Kier alpha value is -1.41. The van der Waals surface area contributed by atoms with Gasteiger partial charge in [-0.25, -0.2) is 0 Å². The van der Waals surface area contributed by atoms with Gasteiger partial charge in [0.05, 0.1) is 12.7 Å². The Morgan fingerprint density at radius 1 is 1.42 bits per heavy atom. The predicted molar refractivity (Wildman–Crippen MR) is 76.5 cm³/mol. The zero-order chi connectivity index (χ0) is 14.3. The molecule has 1 aromatic carbocycles. The maximum atomic E-state index is 9.46. The van der Waals surface area contributed by atoms with E-state index in [0.717, 1.165) is 12.1 Å². The highest BCUT2D eigenvalue weighted by Gasteiger charge is 2.30. The van der Waals surface area contributed by atoms with Gasteiger partial charge in [-0.1, -0.05) is 37.3 Å². The van der Waals surface area contributed by atoms with E-state index in [9.17, 15) is 5.26 Å². The van der Waals surface area contributed by atoms with Gasteiger partial charge < -0.3 is 10.5 Å². The fraction of sp³-hybridized carbons (Fsp3) is 0.533. The second-order valence-corrected chi connectivity index (χ2v) is 4.82. The van der Waals surface area contributed by atoms with Crippen LogP contribution in [-0.2, 0) is 10.3 Å². The number of nitrogens with zero attached hydrogens (tertiary/aromatic N) is 2. The number of rotatable bonds is 7. The Morgan fingerprint density at radius 3 is 2.53 bits per heavy atom. The Balaban J connectivity index is 2.89. The number of nitriles is 1. The molecule has 2 unspecified atom stereocenters. The van der Waals surface area contributed by atoms with Crippen molar-refractivity contribution in [2.75, 3.05) is 26.8 Å². The summed E-state index contributed by atoms with van der Waals surface area (Å²) in [6.45, 7) is 6.10. The molecule has 0 heterocycles. The summed E-state index contributed by atoms with van der Waals surface area (Å²) in [4.78, 5) is 2.17. The van der Waals surface area contributed by atoms with Gasteiger partial charge in [0.2, 0.25) is 0 Å². The van der Waals surface area contributed by atoms with E-state index in [1.54, 1.807) is 7.11 Å². The lowest BCUT2D eigenvalue weighted by molar-refractivity contribution is 0.0925. The molecule has 4 heteroatoms. The van der Waals surface area contributed by atoms with Crippen LogP contribution in [0.1, 0.15) is 19.4 Å². The molecule has 0 radical (unpaired) electrons. The molecule has 0 aliphatic carbocycles. The highest BCUT2D eigenvalue weighted by atomic mass is 16.5. The largest absolute Gasteiger partial charge is 0.383 e. The van der Waals surface area contributed by atoms with E-state index in [4.69, 9.17) is 10.5 Å². The first-order valence-electron chi connectivity index (χ1n) is 6.56. The molecule has 0 spiro atoms. The topological polar surface area (TPSA) is 62.3 Å². The first-order chi connectivity index (χ1) is 9.07. The van der Waals surface area contributed by atoms with Crippen molar-refractivity contribution in [3.05, 3.63) is 35.9 Å². The molecule has 0 bridgehead atoms. The molecular weight excluding hydrogens is 238 g/mol. The van der Waals surface area contributed by atoms with Crippen LogP contribution in [0.5, 0.6) is 0 Å². The number of ether oxygens (including phenoxy) is 1. The lowest BCUT2D eigenvalue weighted by Gasteiger charge is -2.33. The van der Waals surface area contributed by atoms with Crippen molar-refractivity contribution in [1.82, 2.24) is 4.90 Å². The van der Waals surface area contributed by atoms with Crippen LogP contribution in [0.15, 0.2) is 30.3 Å². The van der Waals surface area contributed by atoms with E-state index in [-0.39, 0.29) is 6.04 Å². The smallest absolute Gasteiger partial charge is 0.142 e. The van der Waals surface area contributed by atoms with Crippen LogP contribution >= 0.6 is 0 Å². The normalized spacial score (nSPS) is 15.8. The predicted octanol–water partition coefficient (Wildman–Crippen LogP) is 1.72. The van der Waals surface area contributed by atoms with E-state index in [0.29, 0.717) is 13.2 Å². The molecule has 0 amide bonds. The third-order valence-electron chi connectivity index (χ3n) is 3.38. The fourth-order valence-electron chi connectivity index (χ4n) is 2.17. The van der Waals surface area contributed by atoms with Crippen molar-refractivity contribution < 1.29 is 4.74 Å². The second kappa shape index (κ2) is 7.25. The van der Waals surface area contributed by atoms with Gasteiger partial charge in [0, 0.05) is 19.7 Å². The third kappa shape index (κ3) is 4.03. The van der Waals surface area contributed by atoms with Crippen LogP contribution in [0.3, 0.4) is 0 Å². The van der Waals surface area contributed by atoms with E-state index in [2.05, 4.69) is 24.8 Å². The average Bonchev–Trinajstić information content (AvgIpc) is 2.45. The average molecular weight is 261 g/mol. The van der Waals surface area contributed by atoms with Gasteiger partial charge in [0.1, 0.15) is 5.54 Å². The summed E-state index contributed by atoms with van der Waals surface area (Å²) < 4.78 is 5.17. The van der Waals surface area contributed by atoms with Crippen LogP contribution in [0.2, 0.25) is 0 Å². The Morgan fingerprint density at radius 2 is 2.05 bits per heavy atom. The standard InChI is InChI=1S/C15H23N3O/c1-4-18(13(2)10-19-3)12-15(17,11-16)14-8-6-5-7-9-14/h5-9,13H,4,10,12,17H2,1-3H3. The maximum absolute atomic E-state index is 9.46. The zero-order valence-corrected chi connectivity index (χ0v) is 12.0. The molecule has 0 saturated heterocycles. The summed E-state index contributed by atoms with van der Waals surface area (Å²) in [5, 5.41) is 9.46. The molecule has 104 valence electrons. The molecule has 1 rings (SSSR count). The Bertz CT molecular complexity index is 415. The van der Waals surface area contributed by atoms with Crippen molar-refractivity contribution >= 4 is 0 Å². The minimum atomic E-state index is -0.987. The quantitative estimate of drug-likeness (QED) is 0.812. The molecule has 4 nitrogen and oxygen atoms in total. The number of benzene rings is 1. The molecule has 0 saturated carbocycles. The zero-order valence-electron chi connectivity index (χ0n) is 12.0. The number of hydrogen-bond donors (Lipinski definition) is 1. The minimum absolute atomic E-state index is 0.231. The van der Waals surface area contributed by atoms with E-state index < -0.39 is 5.54 Å². The number of likely N-dealkylation sites (N-methyl/N-ethyl adjacent to an activating group) is 1. The van der Waals surface area contributed by atoms with E-state index in [1.807, 2.05) is 30.3 Å². The first kappa shape index (κ1) is 15.6. The summed E-state index contributed by atoms with van der Waals surface area (Å²) in [6.07, 6.45) is 0. The van der Waals surface area contributed by atoms with E-state index >= 15 is 0 Å². The first-order valence-corrected chi connectivity index (χ1v) is 6.56. The molecular formula is C15H23N3O. The summed E-state index contributed by atoms with van der Waals surface area (Å²) in [7, 11) is 1.68. The molecule has 2 atom stereocenters. The van der Waals surface area contributed by atoms with Crippen LogP contribution < -0.4 is 5.73 Å². The Labute approximate surface area is 115 Å². The van der Waals surface area contributed by atoms with Crippen LogP contribution in [0, 0.1) is 11.3 Å². The summed E-state index contributed by atoms with van der Waals surface area (Å²) in [5.41, 5.74) is 6.15. The monoisotopic (exact) mass is 261 g/mol. The second-order valence-electron chi connectivity index (χ2n) is 4.82. The summed E-state index contributed by atoms with van der Waals surface area (Å²) in [5.74, 6) is 0. The molecule has 0 fully saturated rings. The highest BCUT2D eigenvalue weighted by molar-refractivity contribution is 5.31. The van der Waals surface area contributed by atoms with Crippen LogP contribution in [0.4, 0.5) is 0 Å². The van der Waals surface area contributed by atoms with Crippen LogP contribution in [-0.4, -0.2) is 37.7 Å². The third-order valence-corrected chi connectivity index (χ3v) is 3.38. The molecule has 0 aliphatic heterocycles. The highest BCUT2D eigenvalue weighted by Crippen LogP contribution is 2.19. The van der Waals surface area contributed by atoms with Gasteiger partial charge in [0.15, 0.2) is 0 Å². The number of methoxy groups -OCH3 is 1. The maximum Gasteiger partial charge on any atom is 0.142 e. The van der Waals surface area contributed by atoms with Crippen molar-refractivity contribution in [3.8, 4) is 6.07 Å². The molecule has 0 aromatic heterocycles. The van der Waals surface area contributed by atoms with Gasteiger partial charge in [-0.15, -0.1) is 0 Å². The lowest BCUT2D eigenvalue weighted by atomic mass is 9.91. The van der Waals surface area contributed by atoms with Crippen LogP contribution in [0.25, 0.3) is 0 Å². The van der Waals surface area contributed by atoms with Gasteiger partial charge in [0.25, 0.3) is 0 Å². The van der Waals surface area contributed by atoms with Gasteiger partial charge in [-0.3, -0.25) is 4.90 Å². The summed E-state index contributed by atoms with van der Waals surface area (Å²) >= 11 is 0. The van der Waals surface area contributed by atoms with Gasteiger partial charge in [-0.2, -0.15) is 5.26 Å². The SMILES string of the molecule is CCN(CC(N)(C#N)c1ccccc1)C(C)COC. The molecule has 0 aliphatic rings. The number of hydrogen-bond acceptors (Lipinski definition) is 4.